The lowest BCUT2D eigenvalue weighted by atomic mass is 10.1. The largest absolute Gasteiger partial charge is 0.336 e. The van der Waals surface area contributed by atoms with E-state index in [1.165, 1.54) is 11.3 Å². The maximum absolute atomic E-state index is 13.1. The number of aryl methyl sites for hydroxylation is 2. The molecule has 1 aliphatic heterocycles. The summed E-state index contributed by atoms with van der Waals surface area (Å²) in [4.78, 5) is 19.6. The minimum atomic E-state index is 0.0289. The van der Waals surface area contributed by atoms with Crippen molar-refractivity contribution in [2.75, 3.05) is 6.54 Å². The molecule has 0 bridgehead atoms. The van der Waals surface area contributed by atoms with Crippen LogP contribution >= 0.6 is 23.2 Å². The number of rotatable bonds is 5. The van der Waals surface area contributed by atoms with E-state index < -0.39 is 0 Å². The Hall–Kier alpha value is -2.30. The summed E-state index contributed by atoms with van der Waals surface area (Å²) in [5.74, 6) is 0.473. The fourth-order valence-corrected chi connectivity index (χ4v) is 5.05. The number of carbonyl (C=O) groups is 1. The molecule has 30 heavy (non-hydrogen) atoms. The molecule has 4 nitrogen and oxygen atoms in total. The molecule has 2 heterocycles. The van der Waals surface area contributed by atoms with Gasteiger partial charge in [0, 0.05) is 41.2 Å². The third-order valence-electron chi connectivity index (χ3n) is 6.21. The molecule has 2 aromatic carbocycles. The van der Waals surface area contributed by atoms with E-state index in [0.29, 0.717) is 16.6 Å². The van der Waals surface area contributed by atoms with Crippen LogP contribution in [0.3, 0.4) is 0 Å². The van der Waals surface area contributed by atoms with Crippen LogP contribution in [0.1, 0.15) is 34.9 Å². The number of hydrogen-bond donors (Lipinski definition) is 0. The van der Waals surface area contributed by atoms with E-state index in [1.54, 1.807) is 6.07 Å². The van der Waals surface area contributed by atoms with Crippen molar-refractivity contribution in [1.82, 2.24) is 14.5 Å². The molecule has 1 aromatic heterocycles. The number of imidazole rings is 1. The maximum atomic E-state index is 13.1. The van der Waals surface area contributed by atoms with Crippen molar-refractivity contribution in [3.05, 3.63) is 87.4 Å². The molecule has 3 aromatic rings. The normalized spacial score (nSPS) is 20.1. The Morgan fingerprint density at radius 3 is 2.63 bits per heavy atom. The number of amides is 1. The van der Waals surface area contributed by atoms with Gasteiger partial charge in [0.25, 0.3) is 0 Å². The standard InChI is InChI=1S/C24H23Cl2N3O/c25-18-10-17(11-19(26)12-18)20-13-21(20)24(30)28-9-7-23-22(14-28)27-15-29(23)8-6-16-4-2-1-3-5-16/h1-5,10-12,15,20-21H,6-9,13-14H2/t20-,21-/m1/s1. The van der Waals surface area contributed by atoms with Gasteiger partial charge < -0.3 is 9.47 Å². The van der Waals surface area contributed by atoms with Crippen LogP contribution in [0.25, 0.3) is 0 Å². The Labute approximate surface area is 186 Å². The van der Waals surface area contributed by atoms with Crippen molar-refractivity contribution in [3.63, 3.8) is 0 Å². The van der Waals surface area contributed by atoms with Gasteiger partial charge in [-0.25, -0.2) is 4.98 Å². The molecule has 0 unspecified atom stereocenters. The molecule has 154 valence electrons. The summed E-state index contributed by atoms with van der Waals surface area (Å²) in [7, 11) is 0. The monoisotopic (exact) mass is 439 g/mol. The SMILES string of the molecule is O=C([C@@H]1C[C@@H]1c1cc(Cl)cc(Cl)c1)N1CCc2c(ncn2CCc2ccccc2)C1. The number of aromatic nitrogens is 2. The van der Waals surface area contributed by atoms with Crippen LogP contribution in [0.4, 0.5) is 0 Å². The van der Waals surface area contributed by atoms with E-state index in [9.17, 15) is 4.79 Å². The van der Waals surface area contributed by atoms with Crippen LogP contribution in [0, 0.1) is 5.92 Å². The van der Waals surface area contributed by atoms with Crippen molar-refractivity contribution in [2.45, 2.75) is 38.3 Å². The topological polar surface area (TPSA) is 38.1 Å². The van der Waals surface area contributed by atoms with Crippen molar-refractivity contribution in [3.8, 4) is 0 Å². The summed E-state index contributed by atoms with van der Waals surface area (Å²) in [6, 6.07) is 16.1. The van der Waals surface area contributed by atoms with Gasteiger partial charge in [-0.3, -0.25) is 4.79 Å². The highest BCUT2D eigenvalue weighted by atomic mass is 35.5. The van der Waals surface area contributed by atoms with Gasteiger partial charge in [-0.1, -0.05) is 53.5 Å². The second-order valence-electron chi connectivity index (χ2n) is 8.23. The molecule has 2 aliphatic rings. The number of benzene rings is 2. The van der Waals surface area contributed by atoms with Crippen molar-refractivity contribution in [1.29, 1.82) is 0 Å². The third-order valence-corrected chi connectivity index (χ3v) is 6.64. The molecular weight excluding hydrogens is 417 g/mol. The van der Waals surface area contributed by atoms with Gasteiger partial charge >= 0.3 is 0 Å². The van der Waals surface area contributed by atoms with Crippen LogP contribution in [0.5, 0.6) is 0 Å². The number of hydrogen-bond acceptors (Lipinski definition) is 2. The molecule has 1 saturated carbocycles. The second-order valence-corrected chi connectivity index (χ2v) is 9.10. The predicted molar refractivity (Wildman–Crippen MR) is 119 cm³/mol. The van der Waals surface area contributed by atoms with Gasteiger partial charge in [-0.2, -0.15) is 0 Å². The number of nitrogens with zero attached hydrogens (tertiary/aromatic N) is 3. The van der Waals surface area contributed by atoms with Gasteiger partial charge in [-0.05, 0) is 48.1 Å². The molecule has 6 heteroatoms. The van der Waals surface area contributed by atoms with Crippen molar-refractivity contribution >= 4 is 29.1 Å². The van der Waals surface area contributed by atoms with Crippen LogP contribution < -0.4 is 0 Å². The quantitative estimate of drug-likeness (QED) is 0.552. The number of halogens is 2. The molecule has 5 rings (SSSR count). The zero-order valence-corrected chi connectivity index (χ0v) is 18.1. The van der Waals surface area contributed by atoms with Crippen molar-refractivity contribution < 1.29 is 4.79 Å². The summed E-state index contributed by atoms with van der Waals surface area (Å²) in [5, 5.41) is 1.25. The molecule has 1 fully saturated rings. The van der Waals surface area contributed by atoms with Gasteiger partial charge in [0.05, 0.1) is 18.6 Å². The van der Waals surface area contributed by atoms with Crippen LogP contribution in [-0.2, 0) is 30.7 Å². The molecule has 0 N–H and O–H groups in total. The van der Waals surface area contributed by atoms with Crippen molar-refractivity contribution in [2.24, 2.45) is 5.92 Å². The highest BCUT2D eigenvalue weighted by Crippen LogP contribution is 2.49. The third kappa shape index (κ3) is 3.99. The summed E-state index contributed by atoms with van der Waals surface area (Å²) >= 11 is 12.3. The molecular formula is C24H23Cl2N3O. The van der Waals surface area contributed by atoms with Crippen LogP contribution in [-0.4, -0.2) is 26.9 Å². The Bertz CT molecular complexity index is 1060. The van der Waals surface area contributed by atoms with E-state index in [1.807, 2.05) is 29.4 Å². The molecule has 1 aliphatic carbocycles. The van der Waals surface area contributed by atoms with Gasteiger partial charge in [0.2, 0.25) is 5.91 Å². The minimum absolute atomic E-state index is 0.0289. The summed E-state index contributed by atoms with van der Waals surface area (Å²) in [6.07, 6.45) is 4.63. The first kappa shape index (κ1) is 19.7. The molecule has 2 atom stereocenters. The van der Waals surface area contributed by atoms with E-state index in [0.717, 1.165) is 43.6 Å². The van der Waals surface area contributed by atoms with Gasteiger partial charge in [0.15, 0.2) is 0 Å². The molecule has 0 spiro atoms. The zero-order chi connectivity index (χ0) is 20.7. The minimum Gasteiger partial charge on any atom is -0.336 e. The van der Waals surface area contributed by atoms with E-state index in [2.05, 4.69) is 33.8 Å². The average Bonchev–Trinajstić information content (AvgIpc) is 3.45. The zero-order valence-electron chi connectivity index (χ0n) is 16.6. The van der Waals surface area contributed by atoms with E-state index in [4.69, 9.17) is 23.2 Å². The first-order valence-electron chi connectivity index (χ1n) is 10.4. The molecule has 0 radical (unpaired) electrons. The summed E-state index contributed by atoms with van der Waals surface area (Å²) < 4.78 is 2.25. The number of fused-ring (bicyclic) bond motifs is 1. The van der Waals surface area contributed by atoms with Gasteiger partial charge in [-0.15, -0.1) is 0 Å². The smallest absolute Gasteiger partial charge is 0.226 e. The lowest BCUT2D eigenvalue weighted by Crippen LogP contribution is -2.37. The van der Waals surface area contributed by atoms with E-state index in [-0.39, 0.29) is 17.7 Å². The Kier molecular flexibility index (Phi) is 5.30. The fourth-order valence-electron chi connectivity index (χ4n) is 4.51. The first-order valence-corrected chi connectivity index (χ1v) is 11.2. The van der Waals surface area contributed by atoms with E-state index >= 15 is 0 Å². The second kappa shape index (κ2) is 8.09. The predicted octanol–water partition coefficient (Wildman–Crippen LogP) is 5.12. The maximum Gasteiger partial charge on any atom is 0.226 e. The number of carbonyl (C=O) groups excluding carboxylic acids is 1. The van der Waals surface area contributed by atoms with Crippen LogP contribution in [0.15, 0.2) is 54.9 Å². The Morgan fingerprint density at radius 2 is 1.87 bits per heavy atom. The summed E-state index contributed by atoms with van der Waals surface area (Å²) in [5.41, 5.74) is 4.69. The molecule has 1 amide bonds. The molecule has 0 saturated heterocycles. The average molecular weight is 440 g/mol. The highest BCUT2D eigenvalue weighted by Gasteiger charge is 2.46. The first-order chi connectivity index (χ1) is 14.6. The lowest BCUT2D eigenvalue weighted by molar-refractivity contribution is -0.133. The highest BCUT2D eigenvalue weighted by molar-refractivity contribution is 6.34. The van der Waals surface area contributed by atoms with Crippen LogP contribution in [0.2, 0.25) is 10.0 Å². The Balaban J connectivity index is 1.22. The summed E-state index contributed by atoms with van der Waals surface area (Å²) in [6.45, 7) is 2.27. The fraction of sp³-hybridized carbons (Fsp3) is 0.333. The van der Waals surface area contributed by atoms with Gasteiger partial charge in [0.1, 0.15) is 0 Å². The Morgan fingerprint density at radius 1 is 1.10 bits per heavy atom. The lowest BCUT2D eigenvalue weighted by Gasteiger charge is -2.27.